The first-order chi connectivity index (χ1) is 10.0. The lowest BCUT2D eigenvalue weighted by Gasteiger charge is -2.45. The molecule has 2 N–H and O–H groups in total. The summed E-state index contributed by atoms with van der Waals surface area (Å²) in [6.45, 7) is 25.5. The maximum Gasteiger partial charge on any atom is 0.0699 e. The molecule has 0 saturated carbocycles. The fraction of sp³-hybridized carbons (Fsp3) is 1.00. The van der Waals surface area contributed by atoms with Crippen molar-refractivity contribution in [2.24, 2.45) is 22.5 Å². The van der Waals surface area contributed by atoms with Gasteiger partial charge in [0.1, 0.15) is 0 Å². The van der Waals surface area contributed by atoms with Gasteiger partial charge in [0.15, 0.2) is 0 Å². The molecule has 0 aliphatic carbocycles. The van der Waals surface area contributed by atoms with Gasteiger partial charge in [0.05, 0.1) is 24.4 Å². The van der Waals surface area contributed by atoms with Gasteiger partial charge < -0.3 is 15.2 Å². The Balaban J connectivity index is 4.77. The summed E-state index contributed by atoms with van der Waals surface area (Å²) in [4.78, 5) is 0. The third-order valence-corrected chi connectivity index (χ3v) is 5.64. The third-order valence-electron chi connectivity index (χ3n) is 5.64. The Labute approximate surface area is 145 Å². The van der Waals surface area contributed by atoms with Gasteiger partial charge >= 0.3 is 0 Å². The second kappa shape index (κ2) is 7.84. The van der Waals surface area contributed by atoms with Gasteiger partial charge in [-0.2, -0.15) is 0 Å². The first kappa shape index (κ1) is 22.9. The summed E-state index contributed by atoms with van der Waals surface area (Å²) in [5.74, 6) is 0.586. The Morgan fingerprint density at radius 2 is 1.26 bits per heavy atom. The third kappa shape index (κ3) is 7.53. The normalized spacial score (nSPS) is 16.0. The lowest BCUT2D eigenvalue weighted by Crippen LogP contribution is -2.48. The standard InChI is InChI=1S/C20H43NO2/c1-15(2)17(4,5)13-23-20(10,11)18(6,7)14-22-19(8,9)12-16(3)21/h15-16H,12-14,21H2,1-11H3. The van der Waals surface area contributed by atoms with Gasteiger partial charge in [0.2, 0.25) is 0 Å². The van der Waals surface area contributed by atoms with E-state index in [0.29, 0.717) is 12.5 Å². The molecule has 0 aliphatic heterocycles. The Morgan fingerprint density at radius 3 is 1.65 bits per heavy atom. The molecule has 0 radical (unpaired) electrons. The number of hydrogen-bond donors (Lipinski definition) is 1. The molecule has 0 aromatic rings. The predicted octanol–water partition coefficient (Wildman–Crippen LogP) is 5.02. The second-order valence-electron chi connectivity index (χ2n) is 10.1. The van der Waals surface area contributed by atoms with Crippen molar-refractivity contribution in [1.29, 1.82) is 0 Å². The van der Waals surface area contributed by atoms with Crippen LogP contribution in [0.4, 0.5) is 0 Å². The summed E-state index contributed by atoms with van der Waals surface area (Å²) in [5.41, 5.74) is 5.53. The van der Waals surface area contributed by atoms with E-state index in [4.69, 9.17) is 15.2 Å². The van der Waals surface area contributed by atoms with Crippen LogP contribution in [-0.2, 0) is 9.47 Å². The van der Waals surface area contributed by atoms with Crippen LogP contribution in [0.15, 0.2) is 0 Å². The number of ether oxygens (including phenoxy) is 2. The zero-order valence-corrected chi connectivity index (χ0v) is 17.7. The topological polar surface area (TPSA) is 44.5 Å². The van der Waals surface area contributed by atoms with Crippen LogP contribution in [0, 0.1) is 16.7 Å². The molecule has 3 nitrogen and oxygen atoms in total. The van der Waals surface area contributed by atoms with Gasteiger partial charge in [-0.1, -0.05) is 41.5 Å². The van der Waals surface area contributed by atoms with E-state index >= 15 is 0 Å². The molecule has 23 heavy (non-hydrogen) atoms. The molecule has 0 aliphatic rings. The predicted molar refractivity (Wildman–Crippen MR) is 101 cm³/mol. The summed E-state index contributed by atoms with van der Waals surface area (Å²) in [7, 11) is 0. The number of hydrogen-bond acceptors (Lipinski definition) is 3. The molecular formula is C20H43NO2. The molecule has 0 aromatic heterocycles. The van der Waals surface area contributed by atoms with Crippen LogP contribution in [0.2, 0.25) is 0 Å². The van der Waals surface area contributed by atoms with Gasteiger partial charge in [0, 0.05) is 11.5 Å². The van der Waals surface area contributed by atoms with Crippen LogP contribution in [0.25, 0.3) is 0 Å². The largest absolute Gasteiger partial charge is 0.375 e. The van der Waals surface area contributed by atoms with E-state index in [1.807, 2.05) is 6.92 Å². The van der Waals surface area contributed by atoms with E-state index in [2.05, 4.69) is 69.2 Å². The van der Waals surface area contributed by atoms with E-state index in [9.17, 15) is 0 Å². The molecule has 0 amide bonds. The summed E-state index contributed by atoms with van der Waals surface area (Å²) in [6.07, 6.45) is 0.852. The maximum atomic E-state index is 6.36. The Morgan fingerprint density at radius 1 is 0.783 bits per heavy atom. The quantitative estimate of drug-likeness (QED) is 0.612. The van der Waals surface area contributed by atoms with Gasteiger partial charge in [0.25, 0.3) is 0 Å². The average molecular weight is 330 g/mol. The average Bonchev–Trinajstić information content (AvgIpc) is 2.32. The first-order valence-corrected chi connectivity index (χ1v) is 9.06. The van der Waals surface area contributed by atoms with Crippen molar-refractivity contribution in [3.05, 3.63) is 0 Å². The van der Waals surface area contributed by atoms with E-state index in [1.54, 1.807) is 0 Å². The molecule has 0 bridgehead atoms. The van der Waals surface area contributed by atoms with Gasteiger partial charge in [-0.05, 0) is 52.4 Å². The highest BCUT2D eigenvalue weighted by molar-refractivity contribution is 4.90. The molecule has 1 atom stereocenters. The van der Waals surface area contributed by atoms with Crippen LogP contribution in [0.5, 0.6) is 0 Å². The smallest absolute Gasteiger partial charge is 0.0699 e. The summed E-state index contributed by atoms with van der Waals surface area (Å²) < 4.78 is 12.6. The van der Waals surface area contributed by atoms with Gasteiger partial charge in [-0.25, -0.2) is 0 Å². The van der Waals surface area contributed by atoms with Gasteiger partial charge in [-0.3, -0.25) is 0 Å². The molecule has 0 spiro atoms. The Bertz CT molecular complexity index is 355. The minimum atomic E-state index is -0.260. The van der Waals surface area contributed by atoms with E-state index in [0.717, 1.165) is 13.0 Å². The fourth-order valence-corrected chi connectivity index (χ4v) is 2.11. The molecule has 0 saturated heterocycles. The van der Waals surface area contributed by atoms with Crippen molar-refractivity contribution in [3.63, 3.8) is 0 Å². The highest BCUT2D eigenvalue weighted by Gasteiger charge is 2.41. The molecule has 3 heteroatoms. The number of nitrogens with two attached hydrogens (primary N) is 1. The minimum absolute atomic E-state index is 0.0881. The fourth-order valence-electron chi connectivity index (χ4n) is 2.11. The zero-order valence-electron chi connectivity index (χ0n) is 17.7. The lowest BCUT2D eigenvalue weighted by molar-refractivity contribution is -0.165. The molecule has 1 unspecified atom stereocenters. The van der Waals surface area contributed by atoms with E-state index in [1.165, 1.54) is 0 Å². The van der Waals surface area contributed by atoms with Crippen molar-refractivity contribution < 1.29 is 9.47 Å². The van der Waals surface area contributed by atoms with E-state index < -0.39 is 0 Å². The van der Waals surface area contributed by atoms with Crippen molar-refractivity contribution in [2.45, 2.75) is 99.8 Å². The van der Waals surface area contributed by atoms with Crippen molar-refractivity contribution in [1.82, 2.24) is 0 Å². The molecule has 0 fully saturated rings. The van der Waals surface area contributed by atoms with Crippen LogP contribution in [0.3, 0.4) is 0 Å². The summed E-state index contributed by atoms with van der Waals surface area (Å²) in [5, 5.41) is 0. The second-order valence-corrected chi connectivity index (χ2v) is 10.1. The maximum absolute atomic E-state index is 6.36. The molecule has 0 heterocycles. The van der Waals surface area contributed by atoms with Crippen molar-refractivity contribution in [2.75, 3.05) is 13.2 Å². The van der Waals surface area contributed by atoms with Crippen molar-refractivity contribution >= 4 is 0 Å². The Kier molecular flexibility index (Phi) is 7.80. The van der Waals surface area contributed by atoms with Crippen LogP contribution >= 0.6 is 0 Å². The molecular weight excluding hydrogens is 286 g/mol. The van der Waals surface area contributed by atoms with Crippen LogP contribution in [-0.4, -0.2) is 30.5 Å². The van der Waals surface area contributed by atoms with Gasteiger partial charge in [-0.15, -0.1) is 0 Å². The summed E-state index contributed by atoms with van der Waals surface area (Å²) >= 11 is 0. The zero-order chi connectivity index (χ0) is 18.7. The minimum Gasteiger partial charge on any atom is -0.375 e. The molecule has 0 rings (SSSR count). The number of rotatable bonds is 10. The summed E-state index contributed by atoms with van der Waals surface area (Å²) in [6, 6.07) is 0.143. The van der Waals surface area contributed by atoms with E-state index in [-0.39, 0.29) is 28.1 Å². The first-order valence-electron chi connectivity index (χ1n) is 9.06. The molecule has 140 valence electrons. The van der Waals surface area contributed by atoms with Crippen LogP contribution in [0.1, 0.15) is 82.6 Å². The monoisotopic (exact) mass is 329 g/mol. The lowest BCUT2D eigenvalue weighted by atomic mass is 9.76. The Hall–Kier alpha value is -0.120. The van der Waals surface area contributed by atoms with Crippen LogP contribution < -0.4 is 5.73 Å². The highest BCUT2D eigenvalue weighted by Crippen LogP contribution is 2.38. The highest BCUT2D eigenvalue weighted by atomic mass is 16.5. The molecule has 0 aromatic carbocycles. The SMILES string of the molecule is CC(N)CC(C)(C)OCC(C)(C)C(C)(C)OCC(C)(C)C(C)C. The van der Waals surface area contributed by atoms with Crippen molar-refractivity contribution in [3.8, 4) is 0 Å².